The molecular weight excluding hydrogens is 238 g/mol. The first-order chi connectivity index (χ1) is 9.13. The molecule has 0 radical (unpaired) electrons. The molecule has 0 bridgehead atoms. The van der Waals surface area contributed by atoms with E-state index >= 15 is 0 Å². The van der Waals surface area contributed by atoms with Crippen LogP contribution in [0.1, 0.15) is 20.3 Å². The van der Waals surface area contributed by atoms with Gasteiger partial charge in [0.05, 0.1) is 11.2 Å². The van der Waals surface area contributed by atoms with E-state index in [1.807, 2.05) is 24.3 Å². The number of pyridine rings is 1. The summed E-state index contributed by atoms with van der Waals surface area (Å²) in [6.45, 7) is 4.47. The number of hydrogen-bond donors (Lipinski definition) is 3. The second kappa shape index (κ2) is 5.89. The lowest BCUT2D eigenvalue weighted by atomic mass is 10.0. The maximum atomic E-state index is 9.15. The zero-order valence-electron chi connectivity index (χ0n) is 11.4. The van der Waals surface area contributed by atoms with Crippen LogP contribution in [0.2, 0.25) is 0 Å². The summed E-state index contributed by atoms with van der Waals surface area (Å²) in [5, 5.41) is 13.7. The minimum atomic E-state index is 0.182. The Morgan fingerprint density at radius 2 is 2.11 bits per heavy atom. The lowest BCUT2D eigenvalue weighted by Crippen LogP contribution is -2.26. The predicted octanol–water partition coefficient (Wildman–Crippen LogP) is 2.64. The van der Waals surface area contributed by atoms with Gasteiger partial charge in [0, 0.05) is 29.9 Å². The standard InChI is InChI=1S/C15H21N3O/c1-10(2)13(7-9-19)18-14-6-5-12(16)15-11(14)4-3-8-17-15/h3-6,8,10,13,18-19H,7,9,16H2,1-2H3. The van der Waals surface area contributed by atoms with Crippen LogP contribution in [0.15, 0.2) is 30.5 Å². The molecule has 102 valence electrons. The molecule has 0 aliphatic carbocycles. The number of nitrogens with zero attached hydrogens (tertiary/aromatic N) is 1. The smallest absolute Gasteiger partial charge is 0.0951 e. The van der Waals surface area contributed by atoms with Crippen LogP contribution in [0.25, 0.3) is 10.9 Å². The minimum absolute atomic E-state index is 0.182. The zero-order chi connectivity index (χ0) is 13.8. The molecule has 1 atom stereocenters. The molecule has 4 heteroatoms. The first-order valence-electron chi connectivity index (χ1n) is 6.64. The van der Waals surface area contributed by atoms with Crippen LogP contribution in [0.5, 0.6) is 0 Å². The van der Waals surface area contributed by atoms with Crippen LogP contribution in [-0.4, -0.2) is 22.7 Å². The van der Waals surface area contributed by atoms with Gasteiger partial charge in [-0.2, -0.15) is 0 Å². The molecule has 2 rings (SSSR count). The van der Waals surface area contributed by atoms with Crippen LogP contribution in [0.4, 0.5) is 11.4 Å². The van der Waals surface area contributed by atoms with Crippen molar-refractivity contribution >= 4 is 22.3 Å². The molecule has 2 aromatic rings. The lowest BCUT2D eigenvalue weighted by Gasteiger charge is -2.23. The number of nitrogen functional groups attached to an aromatic ring is 1. The molecule has 1 unspecified atom stereocenters. The van der Waals surface area contributed by atoms with Gasteiger partial charge in [-0.25, -0.2) is 0 Å². The van der Waals surface area contributed by atoms with Crippen molar-refractivity contribution < 1.29 is 5.11 Å². The van der Waals surface area contributed by atoms with Crippen molar-refractivity contribution in [1.82, 2.24) is 4.98 Å². The van der Waals surface area contributed by atoms with Crippen molar-refractivity contribution in [3.8, 4) is 0 Å². The molecule has 4 N–H and O–H groups in total. The highest BCUT2D eigenvalue weighted by atomic mass is 16.3. The van der Waals surface area contributed by atoms with Gasteiger partial charge in [-0.1, -0.05) is 13.8 Å². The summed E-state index contributed by atoms with van der Waals surface area (Å²) in [6.07, 6.45) is 2.47. The number of hydrogen-bond acceptors (Lipinski definition) is 4. The van der Waals surface area contributed by atoms with E-state index in [4.69, 9.17) is 10.8 Å². The maximum Gasteiger partial charge on any atom is 0.0951 e. The summed E-state index contributed by atoms with van der Waals surface area (Å²) >= 11 is 0. The summed E-state index contributed by atoms with van der Waals surface area (Å²) in [4.78, 5) is 4.33. The highest BCUT2D eigenvalue weighted by molar-refractivity contribution is 5.98. The Hall–Kier alpha value is -1.81. The van der Waals surface area contributed by atoms with Crippen molar-refractivity contribution in [2.75, 3.05) is 17.7 Å². The SMILES string of the molecule is CC(C)C(CCO)Nc1ccc(N)c2ncccc12. The minimum Gasteiger partial charge on any atom is -0.397 e. The fraction of sp³-hybridized carbons (Fsp3) is 0.400. The normalized spacial score (nSPS) is 12.8. The highest BCUT2D eigenvalue weighted by Gasteiger charge is 2.14. The zero-order valence-corrected chi connectivity index (χ0v) is 11.4. The van der Waals surface area contributed by atoms with Crippen molar-refractivity contribution in [1.29, 1.82) is 0 Å². The number of nitrogens with one attached hydrogen (secondary N) is 1. The third kappa shape index (κ3) is 2.96. The molecule has 0 aliphatic heterocycles. The van der Waals surface area contributed by atoms with E-state index in [0.29, 0.717) is 11.6 Å². The molecule has 1 heterocycles. The Morgan fingerprint density at radius 3 is 2.79 bits per heavy atom. The van der Waals surface area contributed by atoms with E-state index in [9.17, 15) is 0 Å². The van der Waals surface area contributed by atoms with Crippen molar-refractivity contribution in [3.05, 3.63) is 30.5 Å². The van der Waals surface area contributed by atoms with E-state index in [1.54, 1.807) is 6.20 Å². The van der Waals surface area contributed by atoms with Crippen LogP contribution in [0.3, 0.4) is 0 Å². The van der Waals surface area contributed by atoms with Gasteiger partial charge in [-0.3, -0.25) is 4.98 Å². The molecule has 0 aliphatic rings. The second-order valence-electron chi connectivity index (χ2n) is 5.11. The number of aliphatic hydroxyl groups excluding tert-OH is 1. The molecular formula is C15H21N3O. The molecule has 0 amide bonds. The first kappa shape index (κ1) is 13.6. The molecule has 0 spiro atoms. The largest absolute Gasteiger partial charge is 0.397 e. The van der Waals surface area contributed by atoms with E-state index in [1.165, 1.54) is 0 Å². The monoisotopic (exact) mass is 259 g/mol. The Balaban J connectivity index is 2.37. The summed E-state index contributed by atoms with van der Waals surface area (Å²) in [7, 11) is 0. The molecule has 19 heavy (non-hydrogen) atoms. The third-order valence-electron chi connectivity index (χ3n) is 3.39. The first-order valence-corrected chi connectivity index (χ1v) is 6.64. The van der Waals surface area contributed by atoms with Crippen molar-refractivity contribution in [2.45, 2.75) is 26.3 Å². The number of rotatable bonds is 5. The molecule has 1 aromatic carbocycles. The van der Waals surface area contributed by atoms with Gasteiger partial charge in [0.2, 0.25) is 0 Å². The number of benzene rings is 1. The number of anilines is 2. The van der Waals surface area contributed by atoms with Crippen LogP contribution >= 0.6 is 0 Å². The van der Waals surface area contributed by atoms with E-state index in [0.717, 1.165) is 23.0 Å². The van der Waals surface area contributed by atoms with Crippen LogP contribution in [-0.2, 0) is 0 Å². The number of fused-ring (bicyclic) bond motifs is 1. The highest BCUT2D eigenvalue weighted by Crippen LogP contribution is 2.28. The summed E-state index contributed by atoms with van der Waals surface area (Å²) in [6, 6.07) is 8.00. The molecule has 0 saturated heterocycles. The molecule has 0 saturated carbocycles. The Morgan fingerprint density at radius 1 is 1.32 bits per heavy atom. The van der Waals surface area contributed by atoms with E-state index in [-0.39, 0.29) is 12.6 Å². The number of aliphatic hydroxyl groups is 1. The van der Waals surface area contributed by atoms with E-state index in [2.05, 4.69) is 24.1 Å². The van der Waals surface area contributed by atoms with Crippen molar-refractivity contribution in [2.24, 2.45) is 5.92 Å². The molecule has 0 fully saturated rings. The van der Waals surface area contributed by atoms with Crippen molar-refractivity contribution in [3.63, 3.8) is 0 Å². The summed E-state index contributed by atoms with van der Waals surface area (Å²) in [5.41, 5.74) is 8.47. The Bertz CT molecular complexity index is 554. The second-order valence-corrected chi connectivity index (χ2v) is 5.11. The van der Waals surface area contributed by atoms with Gasteiger partial charge >= 0.3 is 0 Å². The number of aromatic nitrogens is 1. The number of nitrogens with two attached hydrogens (primary N) is 1. The van der Waals surface area contributed by atoms with Gasteiger partial charge in [-0.05, 0) is 36.6 Å². The van der Waals surface area contributed by atoms with E-state index < -0.39 is 0 Å². The topological polar surface area (TPSA) is 71.2 Å². The molecule has 1 aromatic heterocycles. The maximum absolute atomic E-state index is 9.15. The summed E-state index contributed by atoms with van der Waals surface area (Å²) < 4.78 is 0. The molecule has 4 nitrogen and oxygen atoms in total. The fourth-order valence-corrected chi connectivity index (χ4v) is 2.23. The fourth-order valence-electron chi connectivity index (χ4n) is 2.23. The van der Waals surface area contributed by atoms with Gasteiger partial charge < -0.3 is 16.2 Å². The van der Waals surface area contributed by atoms with Gasteiger partial charge in [0.15, 0.2) is 0 Å². The van der Waals surface area contributed by atoms with Crippen LogP contribution < -0.4 is 11.1 Å². The average Bonchev–Trinajstić information content (AvgIpc) is 2.41. The summed E-state index contributed by atoms with van der Waals surface area (Å²) in [5.74, 6) is 0.441. The van der Waals surface area contributed by atoms with Gasteiger partial charge in [-0.15, -0.1) is 0 Å². The average molecular weight is 259 g/mol. The quantitative estimate of drug-likeness (QED) is 0.722. The lowest BCUT2D eigenvalue weighted by molar-refractivity contribution is 0.267. The third-order valence-corrected chi connectivity index (χ3v) is 3.39. The Kier molecular flexibility index (Phi) is 4.22. The predicted molar refractivity (Wildman–Crippen MR) is 80.1 cm³/mol. The van der Waals surface area contributed by atoms with Gasteiger partial charge in [0.25, 0.3) is 0 Å². The van der Waals surface area contributed by atoms with Gasteiger partial charge in [0.1, 0.15) is 0 Å². The Labute approximate surface area is 113 Å². The van der Waals surface area contributed by atoms with Crippen LogP contribution in [0, 0.1) is 5.92 Å².